The zero-order chi connectivity index (χ0) is 13.8. The van der Waals surface area contributed by atoms with E-state index in [2.05, 4.69) is 15.9 Å². The Morgan fingerprint density at radius 3 is 2.95 bits per heavy atom. The highest BCUT2D eigenvalue weighted by Crippen LogP contribution is 2.19. The number of amides is 1. The number of nitrogens with zero attached hydrogens (tertiary/aromatic N) is 1. The number of rotatable bonds is 4. The first-order valence-corrected chi connectivity index (χ1v) is 7.23. The van der Waals surface area contributed by atoms with Crippen molar-refractivity contribution in [3.63, 3.8) is 0 Å². The molecule has 0 bridgehead atoms. The minimum Gasteiger partial charge on any atom is -0.381 e. The smallest absolute Gasteiger partial charge is 0.253 e. The summed E-state index contributed by atoms with van der Waals surface area (Å²) in [5, 5.41) is 0. The molecule has 1 aliphatic rings. The molecule has 1 heterocycles. The third-order valence-electron chi connectivity index (χ3n) is 3.34. The zero-order valence-corrected chi connectivity index (χ0v) is 12.5. The van der Waals surface area contributed by atoms with Crippen molar-refractivity contribution >= 4 is 21.8 Å². The van der Waals surface area contributed by atoms with Crippen LogP contribution in [0.1, 0.15) is 23.7 Å². The molecule has 0 spiro atoms. The van der Waals surface area contributed by atoms with Gasteiger partial charge in [-0.2, -0.15) is 0 Å². The second-order valence-electron chi connectivity index (χ2n) is 4.70. The van der Waals surface area contributed by atoms with Gasteiger partial charge in [0.25, 0.3) is 5.91 Å². The lowest BCUT2D eigenvalue weighted by molar-refractivity contribution is 0.0730. The predicted octanol–water partition coefficient (Wildman–Crippen LogP) is 3.09. The largest absolute Gasteiger partial charge is 0.381 e. The highest BCUT2D eigenvalue weighted by Gasteiger charge is 2.22. The predicted molar refractivity (Wildman–Crippen MR) is 74.6 cm³/mol. The molecule has 1 amide bonds. The lowest BCUT2D eigenvalue weighted by atomic mass is 10.1. The maximum absolute atomic E-state index is 13.2. The van der Waals surface area contributed by atoms with Crippen LogP contribution in [0.25, 0.3) is 0 Å². The number of ether oxygens (including phenoxy) is 1. The Labute approximate surface area is 120 Å². The first-order valence-electron chi connectivity index (χ1n) is 6.44. The Bertz CT molecular complexity index is 461. The Morgan fingerprint density at radius 1 is 1.58 bits per heavy atom. The Hall–Kier alpha value is -0.940. The number of benzene rings is 1. The second kappa shape index (κ2) is 6.48. The molecule has 0 saturated carbocycles. The molecule has 1 aromatic rings. The van der Waals surface area contributed by atoms with Crippen LogP contribution < -0.4 is 0 Å². The van der Waals surface area contributed by atoms with E-state index >= 15 is 0 Å². The summed E-state index contributed by atoms with van der Waals surface area (Å²) in [5.74, 6) is -0.00770. The molecule has 0 N–H and O–H groups in total. The van der Waals surface area contributed by atoms with Gasteiger partial charge in [0.1, 0.15) is 5.82 Å². The van der Waals surface area contributed by atoms with Crippen LogP contribution in [0, 0.1) is 11.7 Å². The average molecular weight is 330 g/mol. The van der Waals surface area contributed by atoms with Crippen molar-refractivity contribution in [1.29, 1.82) is 0 Å². The molecule has 0 aromatic heterocycles. The van der Waals surface area contributed by atoms with Crippen LogP contribution in [0.5, 0.6) is 0 Å². The molecule has 1 saturated heterocycles. The highest BCUT2D eigenvalue weighted by atomic mass is 79.9. The number of hydrogen-bond acceptors (Lipinski definition) is 2. The van der Waals surface area contributed by atoms with Gasteiger partial charge in [0.05, 0.1) is 11.1 Å². The molecule has 104 valence electrons. The van der Waals surface area contributed by atoms with Crippen LogP contribution in [0.15, 0.2) is 22.7 Å². The quantitative estimate of drug-likeness (QED) is 0.849. The Kier molecular flexibility index (Phi) is 4.93. The van der Waals surface area contributed by atoms with E-state index in [1.54, 1.807) is 4.90 Å². The van der Waals surface area contributed by atoms with E-state index in [-0.39, 0.29) is 11.7 Å². The van der Waals surface area contributed by atoms with Gasteiger partial charge >= 0.3 is 0 Å². The van der Waals surface area contributed by atoms with E-state index in [0.29, 0.717) is 29.0 Å². The maximum atomic E-state index is 13.2. The molecule has 0 aliphatic carbocycles. The number of halogens is 2. The maximum Gasteiger partial charge on any atom is 0.253 e. The first-order chi connectivity index (χ1) is 9.11. The molecule has 2 rings (SSSR count). The summed E-state index contributed by atoms with van der Waals surface area (Å²) in [5.41, 5.74) is 0.508. The van der Waals surface area contributed by atoms with E-state index in [4.69, 9.17) is 4.74 Å². The van der Waals surface area contributed by atoms with Crippen molar-refractivity contribution in [2.45, 2.75) is 13.3 Å². The van der Waals surface area contributed by atoms with Crippen LogP contribution in [-0.2, 0) is 4.74 Å². The van der Waals surface area contributed by atoms with Crippen LogP contribution >= 0.6 is 15.9 Å². The average Bonchev–Trinajstić information content (AvgIpc) is 2.91. The van der Waals surface area contributed by atoms with Crippen molar-refractivity contribution in [3.8, 4) is 0 Å². The van der Waals surface area contributed by atoms with Gasteiger partial charge < -0.3 is 9.64 Å². The summed E-state index contributed by atoms with van der Waals surface area (Å²) in [7, 11) is 0. The van der Waals surface area contributed by atoms with E-state index in [1.807, 2.05) is 6.92 Å². The van der Waals surface area contributed by atoms with Crippen LogP contribution in [-0.4, -0.2) is 37.1 Å². The van der Waals surface area contributed by atoms with E-state index in [0.717, 1.165) is 19.6 Å². The second-order valence-corrected chi connectivity index (χ2v) is 5.56. The first kappa shape index (κ1) is 14.5. The lowest BCUT2D eigenvalue weighted by Crippen LogP contribution is -2.35. The molecule has 1 aliphatic heterocycles. The van der Waals surface area contributed by atoms with Crippen molar-refractivity contribution in [1.82, 2.24) is 4.90 Å². The van der Waals surface area contributed by atoms with Gasteiger partial charge in [0, 0.05) is 31.2 Å². The molecule has 1 fully saturated rings. The van der Waals surface area contributed by atoms with Crippen molar-refractivity contribution in [2.75, 3.05) is 26.3 Å². The summed E-state index contributed by atoms with van der Waals surface area (Å²) < 4.78 is 18.8. The number of hydrogen-bond donors (Lipinski definition) is 0. The fourth-order valence-electron chi connectivity index (χ4n) is 2.21. The summed E-state index contributed by atoms with van der Waals surface area (Å²) in [6.45, 7) is 4.79. The minimum absolute atomic E-state index is 0.0601. The van der Waals surface area contributed by atoms with Crippen molar-refractivity contribution in [3.05, 3.63) is 34.1 Å². The van der Waals surface area contributed by atoms with E-state index in [9.17, 15) is 9.18 Å². The van der Waals surface area contributed by atoms with E-state index in [1.165, 1.54) is 18.2 Å². The molecule has 1 atom stereocenters. The third kappa shape index (κ3) is 3.54. The molecule has 5 heteroatoms. The molecule has 19 heavy (non-hydrogen) atoms. The van der Waals surface area contributed by atoms with Crippen LogP contribution in [0.3, 0.4) is 0 Å². The molecule has 3 nitrogen and oxygen atoms in total. The number of carbonyl (C=O) groups excluding carboxylic acids is 1. The van der Waals surface area contributed by atoms with Gasteiger partial charge in [-0.15, -0.1) is 0 Å². The topological polar surface area (TPSA) is 29.5 Å². The van der Waals surface area contributed by atoms with Gasteiger partial charge in [-0.05, 0) is 47.5 Å². The highest BCUT2D eigenvalue weighted by molar-refractivity contribution is 9.10. The van der Waals surface area contributed by atoms with Gasteiger partial charge in [-0.1, -0.05) is 0 Å². The summed E-state index contributed by atoms with van der Waals surface area (Å²) in [6, 6.07) is 4.37. The summed E-state index contributed by atoms with van der Waals surface area (Å²) in [4.78, 5) is 14.2. The molecule has 1 unspecified atom stereocenters. The van der Waals surface area contributed by atoms with Crippen LogP contribution in [0.2, 0.25) is 0 Å². The van der Waals surface area contributed by atoms with Crippen molar-refractivity contribution < 1.29 is 13.9 Å². The van der Waals surface area contributed by atoms with Gasteiger partial charge in [-0.25, -0.2) is 4.39 Å². The zero-order valence-electron chi connectivity index (χ0n) is 10.9. The fraction of sp³-hybridized carbons (Fsp3) is 0.500. The SMILES string of the molecule is CCN(CC1CCOC1)C(=O)c1ccc(F)c(Br)c1. The standard InChI is InChI=1S/C14H17BrFNO2/c1-2-17(8-10-5-6-19-9-10)14(18)11-3-4-13(16)12(15)7-11/h3-4,7,10H,2,5-6,8-9H2,1H3. The lowest BCUT2D eigenvalue weighted by Gasteiger charge is -2.24. The Balaban J connectivity index is 2.08. The minimum atomic E-state index is -0.358. The molecule has 1 aromatic carbocycles. The third-order valence-corrected chi connectivity index (χ3v) is 3.95. The molecule has 0 radical (unpaired) electrons. The molecular weight excluding hydrogens is 313 g/mol. The van der Waals surface area contributed by atoms with Gasteiger partial charge in [0.15, 0.2) is 0 Å². The van der Waals surface area contributed by atoms with E-state index < -0.39 is 0 Å². The fourth-order valence-corrected chi connectivity index (χ4v) is 2.59. The Morgan fingerprint density at radius 2 is 2.37 bits per heavy atom. The summed E-state index contributed by atoms with van der Waals surface area (Å²) in [6.07, 6.45) is 0.997. The molecular formula is C14H17BrFNO2. The summed E-state index contributed by atoms with van der Waals surface area (Å²) >= 11 is 3.11. The van der Waals surface area contributed by atoms with Crippen LogP contribution in [0.4, 0.5) is 4.39 Å². The van der Waals surface area contributed by atoms with Crippen molar-refractivity contribution in [2.24, 2.45) is 5.92 Å². The van der Waals surface area contributed by atoms with Gasteiger partial charge in [-0.3, -0.25) is 4.79 Å². The number of carbonyl (C=O) groups is 1. The monoisotopic (exact) mass is 329 g/mol. The normalized spacial score (nSPS) is 18.6. The van der Waals surface area contributed by atoms with Gasteiger partial charge in [0.2, 0.25) is 0 Å².